The highest BCUT2D eigenvalue weighted by molar-refractivity contribution is 5.82. The van der Waals surface area contributed by atoms with Crippen molar-refractivity contribution in [3.63, 3.8) is 0 Å². The number of para-hydroxylation sites is 1. The molecule has 0 saturated heterocycles. The molecular weight excluding hydrogens is 200 g/mol. The SMILES string of the molecule is Cc1cc(COCCN)c2ccccc2n1. The van der Waals surface area contributed by atoms with Crippen molar-refractivity contribution in [2.24, 2.45) is 5.73 Å². The molecule has 0 unspecified atom stereocenters. The molecule has 1 heterocycles. The van der Waals surface area contributed by atoms with Gasteiger partial charge in [0.1, 0.15) is 0 Å². The summed E-state index contributed by atoms with van der Waals surface area (Å²) in [4.78, 5) is 4.48. The maximum Gasteiger partial charge on any atom is 0.0724 e. The molecule has 2 rings (SSSR count). The van der Waals surface area contributed by atoms with E-state index >= 15 is 0 Å². The molecule has 0 atom stereocenters. The summed E-state index contributed by atoms with van der Waals surface area (Å²) in [5.74, 6) is 0. The van der Waals surface area contributed by atoms with Crippen molar-refractivity contribution in [2.45, 2.75) is 13.5 Å². The Balaban J connectivity index is 2.34. The van der Waals surface area contributed by atoms with E-state index in [-0.39, 0.29) is 0 Å². The zero-order chi connectivity index (χ0) is 11.4. The quantitative estimate of drug-likeness (QED) is 0.795. The minimum absolute atomic E-state index is 0.558. The molecule has 1 aromatic carbocycles. The summed E-state index contributed by atoms with van der Waals surface area (Å²) >= 11 is 0. The van der Waals surface area contributed by atoms with Gasteiger partial charge < -0.3 is 10.5 Å². The lowest BCUT2D eigenvalue weighted by molar-refractivity contribution is 0.129. The first-order valence-corrected chi connectivity index (χ1v) is 5.44. The van der Waals surface area contributed by atoms with Crippen molar-refractivity contribution in [1.82, 2.24) is 4.98 Å². The Kier molecular flexibility index (Phi) is 3.49. The minimum atomic E-state index is 0.558. The van der Waals surface area contributed by atoms with Crippen LogP contribution in [0.15, 0.2) is 30.3 Å². The number of hydrogen-bond acceptors (Lipinski definition) is 3. The van der Waals surface area contributed by atoms with Gasteiger partial charge in [-0.05, 0) is 24.6 Å². The Morgan fingerprint density at radius 1 is 1.31 bits per heavy atom. The highest BCUT2D eigenvalue weighted by atomic mass is 16.5. The third-order valence-electron chi connectivity index (χ3n) is 2.45. The van der Waals surface area contributed by atoms with E-state index < -0.39 is 0 Å². The average molecular weight is 216 g/mol. The molecule has 2 N–H and O–H groups in total. The Morgan fingerprint density at radius 2 is 2.12 bits per heavy atom. The number of nitrogens with two attached hydrogens (primary N) is 1. The first-order valence-electron chi connectivity index (χ1n) is 5.44. The number of fused-ring (bicyclic) bond motifs is 1. The molecular formula is C13H16N2O. The van der Waals surface area contributed by atoms with Gasteiger partial charge in [0.05, 0.1) is 18.7 Å². The smallest absolute Gasteiger partial charge is 0.0724 e. The highest BCUT2D eigenvalue weighted by Crippen LogP contribution is 2.18. The predicted molar refractivity (Wildman–Crippen MR) is 65.2 cm³/mol. The molecule has 3 heteroatoms. The summed E-state index contributed by atoms with van der Waals surface area (Å²) in [6.07, 6.45) is 0. The topological polar surface area (TPSA) is 48.1 Å². The lowest BCUT2D eigenvalue weighted by Gasteiger charge is -2.08. The van der Waals surface area contributed by atoms with Crippen molar-refractivity contribution in [1.29, 1.82) is 0 Å². The number of rotatable bonds is 4. The fourth-order valence-electron chi connectivity index (χ4n) is 1.78. The van der Waals surface area contributed by atoms with E-state index in [0.29, 0.717) is 19.8 Å². The number of benzene rings is 1. The van der Waals surface area contributed by atoms with E-state index in [1.54, 1.807) is 0 Å². The van der Waals surface area contributed by atoms with Gasteiger partial charge in [-0.25, -0.2) is 0 Å². The van der Waals surface area contributed by atoms with E-state index in [4.69, 9.17) is 10.5 Å². The highest BCUT2D eigenvalue weighted by Gasteiger charge is 2.03. The number of pyridine rings is 1. The average Bonchev–Trinajstić information content (AvgIpc) is 2.29. The van der Waals surface area contributed by atoms with Gasteiger partial charge in [0.15, 0.2) is 0 Å². The second-order valence-electron chi connectivity index (χ2n) is 3.78. The molecule has 16 heavy (non-hydrogen) atoms. The summed E-state index contributed by atoms with van der Waals surface area (Å²) in [6.45, 7) is 3.75. The summed E-state index contributed by atoms with van der Waals surface area (Å²) in [5, 5.41) is 1.16. The molecule has 2 aromatic rings. The van der Waals surface area contributed by atoms with E-state index in [2.05, 4.69) is 17.1 Å². The summed E-state index contributed by atoms with van der Waals surface area (Å²) < 4.78 is 5.48. The van der Waals surface area contributed by atoms with Gasteiger partial charge in [-0.2, -0.15) is 0 Å². The Labute approximate surface area is 95.2 Å². The van der Waals surface area contributed by atoms with Crippen molar-refractivity contribution in [3.8, 4) is 0 Å². The molecule has 0 radical (unpaired) electrons. The van der Waals surface area contributed by atoms with E-state index in [1.165, 1.54) is 5.56 Å². The molecule has 1 aromatic heterocycles. The number of aryl methyl sites for hydroxylation is 1. The number of aromatic nitrogens is 1. The van der Waals surface area contributed by atoms with Crippen molar-refractivity contribution in [2.75, 3.05) is 13.2 Å². The fourth-order valence-corrected chi connectivity index (χ4v) is 1.78. The first-order chi connectivity index (χ1) is 7.81. The maximum atomic E-state index is 5.48. The number of nitrogens with zero attached hydrogens (tertiary/aromatic N) is 1. The Bertz CT molecular complexity index is 482. The van der Waals surface area contributed by atoms with Crippen LogP contribution in [-0.2, 0) is 11.3 Å². The van der Waals surface area contributed by atoms with Crippen LogP contribution in [0.2, 0.25) is 0 Å². The molecule has 0 fully saturated rings. The molecule has 0 spiro atoms. The molecule has 0 bridgehead atoms. The third kappa shape index (κ3) is 2.38. The van der Waals surface area contributed by atoms with Gasteiger partial charge in [0, 0.05) is 17.6 Å². The summed E-state index contributed by atoms with van der Waals surface area (Å²) in [5.41, 5.74) is 8.62. The molecule has 0 saturated carbocycles. The van der Waals surface area contributed by atoms with E-state index in [1.807, 2.05) is 25.1 Å². The third-order valence-corrected chi connectivity index (χ3v) is 2.45. The maximum absolute atomic E-state index is 5.48. The largest absolute Gasteiger partial charge is 0.375 e. The first kappa shape index (κ1) is 11.0. The zero-order valence-corrected chi connectivity index (χ0v) is 9.44. The van der Waals surface area contributed by atoms with Crippen molar-refractivity contribution < 1.29 is 4.74 Å². The lowest BCUT2D eigenvalue weighted by Crippen LogP contribution is -2.08. The van der Waals surface area contributed by atoms with Gasteiger partial charge >= 0.3 is 0 Å². The number of hydrogen-bond donors (Lipinski definition) is 1. The van der Waals surface area contributed by atoms with Crippen molar-refractivity contribution >= 4 is 10.9 Å². The van der Waals surface area contributed by atoms with E-state index in [0.717, 1.165) is 16.6 Å². The molecule has 3 nitrogen and oxygen atoms in total. The molecule has 0 aliphatic carbocycles. The van der Waals surface area contributed by atoms with Gasteiger partial charge in [-0.1, -0.05) is 18.2 Å². The second kappa shape index (κ2) is 5.05. The minimum Gasteiger partial charge on any atom is -0.375 e. The lowest BCUT2D eigenvalue weighted by atomic mass is 10.1. The summed E-state index contributed by atoms with van der Waals surface area (Å²) in [6, 6.07) is 10.2. The van der Waals surface area contributed by atoms with Crippen LogP contribution in [-0.4, -0.2) is 18.1 Å². The van der Waals surface area contributed by atoms with Crippen LogP contribution in [0.5, 0.6) is 0 Å². The molecule has 0 amide bonds. The van der Waals surface area contributed by atoms with Gasteiger partial charge in [-0.15, -0.1) is 0 Å². The fraction of sp³-hybridized carbons (Fsp3) is 0.308. The Hall–Kier alpha value is -1.45. The molecule has 0 aliphatic rings. The number of ether oxygens (including phenoxy) is 1. The van der Waals surface area contributed by atoms with Crippen LogP contribution in [0.3, 0.4) is 0 Å². The van der Waals surface area contributed by atoms with Crippen LogP contribution in [0, 0.1) is 6.92 Å². The van der Waals surface area contributed by atoms with Gasteiger partial charge in [0.2, 0.25) is 0 Å². The summed E-state index contributed by atoms with van der Waals surface area (Å²) in [7, 11) is 0. The van der Waals surface area contributed by atoms with Crippen LogP contribution >= 0.6 is 0 Å². The van der Waals surface area contributed by atoms with Gasteiger partial charge in [0.25, 0.3) is 0 Å². The van der Waals surface area contributed by atoms with Crippen LogP contribution in [0.4, 0.5) is 0 Å². The zero-order valence-electron chi connectivity index (χ0n) is 9.44. The standard InChI is InChI=1S/C13H16N2O/c1-10-8-11(9-16-7-6-14)12-4-2-3-5-13(12)15-10/h2-5,8H,6-7,9,14H2,1H3. The van der Waals surface area contributed by atoms with E-state index in [9.17, 15) is 0 Å². The van der Waals surface area contributed by atoms with Crippen LogP contribution in [0.1, 0.15) is 11.3 Å². The van der Waals surface area contributed by atoms with Crippen LogP contribution < -0.4 is 5.73 Å². The predicted octanol–water partition coefficient (Wildman–Crippen LogP) is 2.02. The molecule has 0 aliphatic heterocycles. The van der Waals surface area contributed by atoms with Crippen LogP contribution in [0.25, 0.3) is 10.9 Å². The second-order valence-corrected chi connectivity index (χ2v) is 3.78. The van der Waals surface area contributed by atoms with Crippen molar-refractivity contribution in [3.05, 3.63) is 41.6 Å². The molecule has 84 valence electrons. The normalized spacial score (nSPS) is 10.9. The monoisotopic (exact) mass is 216 g/mol. The van der Waals surface area contributed by atoms with Gasteiger partial charge in [-0.3, -0.25) is 4.98 Å². The Morgan fingerprint density at radius 3 is 2.94 bits per heavy atom.